The predicted octanol–water partition coefficient (Wildman–Crippen LogP) is 2.33. The standard InChI is InChI=1S/C12H16O3/c1-9-5-4-6-10(7-9)12(2,15-3)8-11(13)14/h4-7H,8H2,1-3H3,(H,13,14). The smallest absolute Gasteiger partial charge is 0.306 e. The van der Waals surface area contributed by atoms with Crippen LogP contribution in [0.25, 0.3) is 0 Å². The molecule has 1 unspecified atom stereocenters. The molecule has 0 bridgehead atoms. The minimum atomic E-state index is -0.860. The molecule has 1 N–H and O–H groups in total. The summed E-state index contributed by atoms with van der Waals surface area (Å²) < 4.78 is 5.31. The van der Waals surface area contributed by atoms with Gasteiger partial charge in [0.2, 0.25) is 0 Å². The highest BCUT2D eigenvalue weighted by atomic mass is 16.5. The maximum Gasteiger partial charge on any atom is 0.306 e. The molecule has 15 heavy (non-hydrogen) atoms. The van der Waals surface area contributed by atoms with E-state index in [1.807, 2.05) is 31.2 Å². The van der Waals surface area contributed by atoms with Crippen LogP contribution < -0.4 is 0 Å². The number of carboxylic acids is 1. The molecule has 1 aromatic carbocycles. The minimum absolute atomic E-state index is 0.0348. The van der Waals surface area contributed by atoms with Crippen molar-refractivity contribution >= 4 is 5.97 Å². The van der Waals surface area contributed by atoms with Gasteiger partial charge >= 0.3 is 5.97 Å². The van der Waals surface area contributed by atoms with Gasteiger partial charge in [0.1, 0.15) is 5.60 Å². The Morgan fingerprint density at radius 3 is 2.67 bits per heavy atom. The fourth-order valence-electron chi connectivity index (χ4n) is 1.55. The Kier molecular flexibility index (Phi) is 3.48. The van der Waals surface area contributed by atoms with Gasteiger partial charge in [-0.05, 0) is 19.4 Å². The van der Waals surface area contributed by atoms with Crippen LogP contribution in [-0.2, 0) is 15.1 Å². The lowest BCUT2D eigenvalue weighted by molar-refractivity contribution is -0.143. The zero-order valence-corrected chi connectivity index (χ0v) is 9.28. The summed E-state index contributed by atoms with van der Waals surface area (Å²) in [4.78, 5) is 10.8. The van der Waals surface area contributed by atoms with Crippen LogP contribution in [0.15, 0.2) is 24.3 Å². The highest BCUT2D eigenvalue weighted by molar-refractivity contribution is 5.68. The molecule has 0 saturated carbocycles. The summed E-state index contributed by atoms with van der Waals surface area (Å²) in [5, 5.41) is 8.83. The Labute approximate surface area is 89.7 Å². The SMILES string of the molecule is COC(C)(CC(=O)O)c1cccc(C)c1. The molecule has 0 aromatic heterocycles. The van der Waals surface area contributed by atoms with E-state index < -0.39 is 11.6 Å². The van der Waals surface area contributed by atoms with Crippen molar-refractivity contribution in [3.8, 4) is 0 Å². The summed E-state index contributed by atoms with van der Waals surface area (Å²) in [7, 11) is 1.53. The highest BCUT2D eigenvalue weighted by Gasteiger charge is 2.29. The van der Waals surface area contributed by atoms with Crippen LogP contribution >= 0.6 is 0 Å². The quantitative estimate of drug-likeness (QED) is 0.826. The fourth-order valence-corrected chi connectivity index (χ4v) is 1.55. The largest absolute Gasteiger partial charge is 0.481 e. The summed E-state index contributed by atoms with van der Waals surface area (Å²) >= 11 is 0. The molecule has 0 heterocycles. The molecule has 0 amide bonds. The van der Waals surface area contributed by atoms with Gasteiger partial charge in [0, 0.05) is 7.11 Å². The van der Waals surface area contributed by atoms with Gasteiger partial charge in [-0.3, -0.25) is 4.79 Å². The number of methoxy groups -OCH3 is 1. The molecule has 3 heteroatoms. The van der Waals surface area contributed by atoms with E-state index in [0.717, 1.165) is 11.1 Å². The molecule has 1 aromatic rings. The van der Waals surface area contributed by atoms with Gasteiger partial charge in [0.25, 0.3) is 0 Å². The molecule has 0 fully saturated rings. The van der Waals surface area contributed by atoms with E-state index in [0.29, 0.717) is 0 Å². The first-order valence-electron chi connectivity index (χ1n) is 4.82. The van der Waals surface area contributed by atoms with E-state index in [1.165, 1.54) is 7.11 Å². The van der Waals surface area contributed by atoms with Crippen molar-refractivity contribution in [1.29, 1.82) is 0 Å². The number of carbonyl (C=O) groups is 1. The highest BCUT2D eigenvalue weighted by Crippen LogP contribution is 2.28. The lowest BCUT2D eigenvalue weighted by Gasteiger charge is -2.27. The van der Waals surface area contributed by atoms with Crippen molar-refractivity contribution in [3.63, 3.8) is 0 Å². The Balaban J connectivity index is 3.05. The molecule has 0 saturated heterocycles. The number of benzene rings is 1. The third-order valence-corrected chi connectivity index (χ3v) is 2.57. The van der Waals surface area contributed by atoms with Gasteiger partial charge in [-0.1, -0.05) is 29.8 Å². The predicted molar refractivity (Wildman–Crippen MR) is 57.8 cm³/mol. The zero-order chi connectivity index (χ0) is 11.5. The molecule has 1 atom stereocenters. The molecule has 0 aliphatic carbocycles. The molecular formula is C12H16O3. The maximum atomic E-state index is 10.8. The van der Waals surface area contributed by atoms with Crippen LogP contribution in [0.4, 0.5) is 0 Å². The molecule has 0 radical (unpaired) electrons. The van der Waals surface area contributed by atoms with Crippen molar-refractivity contribution in [1.82, 2.24) is 0 Å². The van der Waals surface area contributed by atoms with E-state index in [-0.39, 0.29) is 6.42 Å². The summed E-state index contributed by atoms with van der Waals surface area (Å²) in [5.41, 5.74) is 1.24. The molecule has 3 nitrogen and oxygen atoms in total. The summed E-state index contributed by atoms with van der Waals surface area (Å²) in [5.74, 6) is -0.860. The number of aryl methyl sites for hydroxylation is 1. The minimum Gasteiger partial charge on any atom is -0.481 e. The number of hydrogen-bond donors (Lipinski definition) is 1. The molecule has 82 valence electrons. The third-order valence-electron chi connectivity index (χ3n) is 2.57. The number of aliphatic carboxylic acids is 1. The van der Waals surface area contributed by atoms with Crippen LogP contribution in [0, 0.1) is 6.92 Å². The van der Waals surface area contributed by atoms with Gasteiger partial charge in [0.15, 0.2) is 0 Å². The first-order chi connectivity index (χ1) is 6.98. The Hall–Kier alpha value is -1.35. The van der Waals surface area contributed by atoms with E-state index in [9.17, 15) is 4.79 Å². The van der Waals surface area contributed by atoms with Crippen molar-refractivity contribution < 1.29 is 14.6 Å². The van der Waals surface area contributed by atoms with Gasteiger partial charge < -0.3 is 9.84 Å². The number of rotatable bonds is 4. The second-order valence-electron chi connectivity index (χ2n) is 3.87. The summed E-state index contributed by atoms with van der Waals surface area (Å²) in [6.45, 7) is 3.76. The number of ether oxygens (including phenoxy) is 1. The fraction of sp³-hybridized carbons (Fsp3) is 0.417. The number of carboxylic acid groups (broad SMARTS) is 1. The van der Waals surface area contributed by atoms with Crippen molar-refractivity contribution in [2.24, 2.45) is 0 Å². The molecular weight excluding hydrogens is 192 g/mol. The van der Waals surface area contributed by atoms with E-state index >= 15 is 0 Å². The van der Waals surface area contributed by atoms with E-state index in [1.54, 1.807) is 6.92 Å². The first kappa shape index (κ1) is 11.7. The van der Waals surface area contributed by atoms with Crippen molar-refractivity contribution in [2.45, 2.75) is 25.9 Å². The van der Waals surface area contributed by atoms with E-state index in [2.05, 4.69) is 0 Å². The van der Waals surface area contributed by atoms with Crippen molar-refractivity contribution in [3.05, 3.63) is 35.4 Å². The Morgan fingerprint density at radius 2 is 2.20 bits per heavy atom. The second-order valence-corrected chi connectivity index (χ2v) is 3.87. The average molecular weight is 208 g/mol. The Morgan fingerprint density at radius 1 is 1.53 bits per heavy atom. The third kappa shape index (κ3) is 2.80. The van der Waals surface area contributed by atoms with Gasteiger partial charge in [-0.2, -0.15) is 0 Å². The zero-order valence-electron chi connectivity index (χ0n) is 9.28. The van der Waals surface area contributed by atoms with Crippen LogP contribution in [0.3, 0.4) is 0 Å². The first-order valence-corrected chi connectivity index (χ1v) is 4.82. The monoisotopic (exact) mass is 208 g/mol. The summed E-state index contributed by atoms with van der Waals surface area (Å²) in [6.07, 6.45) is -0.0348. The van der Waals surface area contributed by atoms with Crippen LogP contribution in [0.5, 0.6) is 0 Å². The topological polar surface area (TPSA) is 46.5 Å². The van der Waals surface area contributed by atoms with Crippen molar-refractivity contribution in [2.75, 3.05) is 7.11 Å². The normalized spacial score (nSPS) is 14.6. The lowest BCUT2D eigenvalue weighted by atomic mass is 9.91. The maximum absolute atomic E-state index is 10.8. The van der Waals surface area contributed by atoms with Crippen LogP contribution in [0.1, 0.15) is 24.5 Å². The Bertz CT molecular complexity index is 360. The van der Waals surface area contributed by atoms with Crippen LogP contribution in [0.2, 0.25) is 0 Å². The van der Waals surface area contributed by atoms with Gasteiger partial charge in [0.05, 0.1) is 6.42 Å². The molecule has 1 rings (SSSR count). The molecule has 0 aliphatic rings. The van der Waals surface area contributed by atoms with E-state index in [4.69, 9.17) is 9.84 Å². The molecule has 0 aliphatic heterocycles. The lowest BCUT2D eigenvalue weighted by Crippen LogP contribution is -2.27. The average Bonchev–Trinajstić information content (AvgIpc) is 2.16. The summed E-state index contributed by atoms with van der Waals surface area (Å²) in [6, 6.07) is 7.72. The molecule has 0 spiro atoms. The number of hydrogen-bond acceptors (Lipinski definition) is 2. The van der Waals surface area contributed by atoms with Gasteiger partial charge in [-0.25, -0.2) is 0 Å². The van der Waals surface area contributed by atoms with Crippen LogP contribution in [-0.4, -0.2) is 18.2 Å². The van der Waals surface area contributed by atoms with Gasteiger partial charge in [-0.15, -0.1) is 0 Å². The second kappa shape index (κ2) is 4.45.